The molecule has 0 spiro atoms. The van der Waals surface area contributed by atoms with Gasteiger partial charge in [0.1, 0.15) is 0 Å². The van der Waals surface area contributed by atoms with Crippen LogP contribution in [0.4, 0.5) is 5.69 Å². The lowest BCUT2D eigenvalue weighted by molar-refractivity contribution is 0.602. The van der Waals surface area contributed by atoms with Gasteiger partial charge in [0.2, 0.25) is 0 Å². The largest absolute Gasteiger partial charge is 0.377 e. The molecule has 2 rings (SSSR count). The van der Waals surface area contributed by atoms with Crippen molar-refractivity contribution in [3.63, 3.8) is 0 Å². The predicted octanol–water partition coefficient (Wildman–Crippen LogP) is 4.79. The van der Waals surface area contributed by atoms with Crippen LogP contribution in [-0.4, -0.2) is 14.7 Å². The third kappa shape index (κ3) is 4.08. The minimum atomic E-state index is -3.26. The molecule has 0 saturated heterocycles. The Balaban J connectivity index is 2.34. The first-order valence-electron chi connectivity index (χ1n) is 6.29. The van der Waals surface area contributed by atoms with Crippen LogP contribution in [0.25, 0.3) is 0 Å². The number of sulfone groups is 1. The third-order valence-electron chi connectivity index (χ3n) is 3.09. The molecular weight excluding hydrogens is 418 g/mol. The molecule has 0 aliphatic heterocycles. The number of hydrogen-bond acceptors (Lipinski definition) is 3. The Bertz CT molecular complexity index is 760. The van der Waals surface area contributed by atoms with Crippen molar-refractivity contribution in [2.45, 2.75) is 17.9 Å². The Labute approximate surface area is 141 Å². The average Bonchev–Trinajstić information content (AvgIpc) is 2.37. The summed E-state index contributed by atoms with van der Waals surface area (Å²) in [6.07, 6.45) is 1.22. The van der Waals surface area contributed by atoms with Crippen molar-refractivity contribution in [1.82, 2.24) is 0 Å². The summed E-state index contributed by atoms with van der Waals surface area (Å²) < 4.78 is 25.6. The Morgan fingerprint density at radius 2 is 1.76 bits per heavy atom. The SMILES string of the molecule is CC(Nc1ccccc1S(C)(=O)=O)c1ccc(Br)cc1Br. The van der Waals surface area contributed by atoms with Crippen molar-refractivity contribution >= 4 is 47.4 Å². The molecular formula is C15H15Br2NO2S. The number of hydrogen-bond donors (Lipinski definition) is 1. The molecule has 2 aromatic rings. The van der Waals surface area contributed by atoms with E-state index in [1.54, 1.807) is 18.2 Å². The van der Waals surface area contributed by atoms with Crippen molar-refractivity contribution in [3.8, 4) is 0 Å². The monoisotopic (exact) mass is 431 g/mol. The summed E-state index contributed by atoms with van der Waals surface area (Å²) >= 11 is 6.95. The zero-order valence-corrected chi connectivity index (χ0v) is 15.6. The van der Waals surface area contributed by atoms with E-state index >= 15 is 0 Å². The topological polar surface area (TPSA) is 46.2 Å². The van der Waals surface area contributed by atoms with Gasteiger partial charge in [-0.2, -0.15) is 0 Å². The summed E-state index contributed by atoms with van der Waals surface area (Å²) in [5.74, 6) is 0. The molecule has 112 valence electrons. The lowest BCUT2D eigenvalue weighted by atomic mass is 10.1. The van der Waals surface area contributed by atoms with Crippen molar-refractivity contribution in [3.05, 3.63) is 57.0 Å². The van der Waals surface area contributed by atoms with E-state index in [4.69, 9.17) is 0 Å². The Kier molecular flexibility index (Phi) is 5.11. The minimum absolute atomic E-state index is 0.0321. The van der Waals surface area contributed by atoms with Crippen molar-refractivity contribution in [1.29, 1.82) is 0 Å². The quantitative estimate of drug-likeness (QED) is 0.755. The van der Waals surface area contributed by atoms with Gasteiger partial charge in [0.25, 0.3) is 0 Å². The molecule has 0 aliphatic carbocycles. The summed E-state index contributed by atoms with van der Waals surface area (Å²) in [6, 6.07) is 12.8. The van der Waals surface area contributed by atoms with Crippen molar-refractivity contribution in [2.75, 3.05) is 11.6 Å². The Morgan fingerprint density at radius 3 is 2.38 bits per heavy atom. The molecule has 0 heterocycles. The molecule has 0 aromatic heterocycles. The predicted molar refractivity (Wildman–Crippen MR) is 93.4 cm³/mol. The van der Waals surface area contributed by atoms with Gasteiger partial charge in [-0.15, -0.1) is 0 Å². The maximum Gasteiger partial charge on any atom is 0.177 e. The molecule has 2 aromatic carbocycles. The molecule has 0 saturated carbocycles. The highest BCUT2D eigenvalue weighted by Gasteiger charge is 2.16. The highest BCUT2D eigenvalue weighted by molar-refractivity contribution is 9.11. The van der Waals surface area contributed by atoms with Crippen LogP contribution in [0.5, 0.6) is 0 Å². The number of halogens is 2. The highest BCUT2D eigenvalue weighted by atomic mass is 79.9. The number of benzene rings is 2. The van der Waals surface area contributed by atoms with E-state index in [1.165, 1.54) is 6.26 Å². The molecule has 0 bridgehead atoms. The van der Waals surface area contributed by atoms with Crippen LogP contribution in [0.1, 0.15) is 18.5 Å². The van der Waals surface area contributed by atoms with Gasteiger partial charge in [-0.25, -0.2) is 8.42 Å². The van der Waals surface area contributed by atoms with Crippen LogP contribution in [0, 0.1) is 0 Å². The summed E-state index contributed by atoms with van der Waals surface area (Å²) in [5, 5.41) is 3.27. The first kappa shape index (κ1) is 16.5. The van der Waals surface area contributed by atoms with E-state index in [-0.39, 0.29) is 6.04 Å². The standard InChI is InChI=1S/C15H15Br2NO2S/c1-10(12-8-7-11(16)9-13(12)17)18-14-5-3-4-6-15(14)21(2,19)20/h3-10,18H,1-2H3. The number of para-hydroxylation sites is 1. The van der Waals surface area contributed by atoms with Crippen LogP contribution < -0.4 is 5.32 Å². The number of anilines is 1. The third-order valence-corrected chi connectivity index (χ3v) is 5.42. The molecule has 1 N–H and O–H groups in total. The minimum Gasteiger partial charge on any atom is -0.377 e. The van der Waals surface area contributed by atoms with E-state index in [9.17, 15) is 8.42 Å². The van der Waals surface area contributed by atoms with E-state index in [0.29, 0.717) is 10.6 Å². The van der Waals surface area contributed by atoms with Crippen LogP contribution in [0.3, 0.4) is 0 Å². The van der Waals surface area contributed by atoms with Gasteiger partial charge >= 0.3 is 0 Å². The number of nitrogens with one attached hydrogen (secondary N) is 1. The van der Waals surface area contributed by atoms with Gasteiger partial charge in [0.05, 0.1) is 10.6 Å². The van der Waals surface area contributed by atoms with Gasteiger partial charge in [-0.05, 0) is 36.8 Å². The molecule has 1 unspecified atom stereocenters. The summed E-state index contributed by atoms with van der Waals surface area (Å²) in [6.45, 7) is 1.99. The van der Waals surface area contributed by atoms with Gasteiger partial charge in [0.15, 0.2) is 9.84 Å². The molecule has 21 heavy (non-hydrogen) atoms. The Hall–Kier alpha value is -0.850. The second-order valence-corrected chi connectivity index (χ2v) is 8.55. The zero-order chi connectivity index (χ0) is 15.6. The van der Waals surface area contributed by atoms with Gasteiger partial charge in [-0.1, -0.05) is 50.1 Å². The first-order valence-corrected chi connectivity index (χ1v) is 9.77. The summed E-state index contributed by atoms with van der Waals surface area (Å²) in [7, 11) is -3.26. The fourth-order valence-electron chi connectivity index (χ4n) is 2.07. The molecule has 0 radical (unpaired) electrons. The normalized spacial score (nSPS) is 13.0. The first-order chi connectivity index (χ1) is 9.79. The van der Waals surface area contributed by atoms with E-state index < -0.39 is 9.84 Å². The fraction of sp³-hybridized carbons (Fsp3) is 0.200. The second kappa shape index (κ2) is 6.50. The zero-order valence-electron chi connectivity index (χ0n) is 11.6. The Morgan fingerprint density at radius 1 is 1.10 bits per heavy atom. The van der Waals surface area contributed by atoms with Crippen LogP contribution in [0.15, 0.2) is 56.3 Å². The molecule has 3 nitrogen and oxygen atoms in total. The molecule has 0 amide bonds. The maximum absolute atomic E-state index is 11.8. The maximum atomic E-state index is 11.8. The van der Waals surface area contributed by atoms with Gasteiger partial charge in [0, 0.05) is 21.2 Å². The summed E-state index contributed by atoms with van der Waals surface area (Å²) in [5.41, 5.74) is 1.67. The van der Waals surface area contributed by atoms with Crippen LogP contribution in [-0.2, 0) is 9.84 Å². The molecule has 1 atom stereocenters. The fourth-order valence-corrected chi connectivity index (χ4v) is 4.32. The van der Waals surface area contributed by atoms with E-state index in [2.05, 4.69) is 37.2 Å². The van der Waals surface area contributed by atoms with Crippen LogP contribution >= 0.6 is 31.9 Å². The van der Waals surface area contributed by atoms with Crippen LogP contribution in [0.2, 0.25) is 0 Å². The van der Waals surface area contributed by atoms with E-state index in [1.807, 2.05) is 31.2 Å². The van der Waals surface area contributed by atoms with Crippen molar-refractivity contribution in [2.24, 2.45) is 0 Å². The molecule has 6 heteroatoms. The van der Waals surface area contributed by atoms with Crippen molar-refractivity contribution < 1.29 is 8.42 Å². The lowest BCUT2D eigenvalue weighted by Gasteiger charge is -2.19. The highest BCUT2D eigenvalue weighted by Crippen LogP contribution is 2.30. The number of rotatable bonds is 4. The average molecular weight is 433 g/mol. The van der Waals surface area contributed by atoms with E-state index in [0.717, 1.165) is 14.5 Å². The summed E-state index contributed by atoms with van der Waals surface area (Å²) in [4.78, 5) is 0.310. The smallest absolute Gasteiger partial charge is 0.177 e. The second-order valence-electron chi connectivity index (χ2n) is 4.80. The van der Waals surface area contributed by atoms with Gasteiger partial charge in [-0.3, -0.25) is 0 Å². The lowest BCUT2D eigenvalue weighted by Crippen LogP contribution is -2.10. The molecule has 0 aliphatic rings. The van der Waals surface area contributed by atoms with Gasteiger partial charge < -0.3 is 5.32 Å². The molecule has 0 fully saturated rings.